The number of nitriles is 1. The number of carbonyl (C=O) groups is 1. The minimum atomic E-state index is -0.511. The van der Waals surface area contributed by atoms with Gasteiger partial charge in [0.2, 0.25) is 0 Å². The molecule has 0 radical (unpaired) electrons. The molecule has 1 aliphatic rings. The molecule has 0 N–H and O–H groups in total. The molecule has 1 aliphatic heterocycles. The van der Waals surface area contributed by atoms with Crippen LogP contribution in [-0.2, 0) is 0 Å². The largest absolute Gasteiger partial charge is 0.330 e. The Labute approximate surface area is 140 Å². The molecule has 1 fully saturated rings. The summed E-state index contributed by atoms with van der Waals surface area (Å²) in [5, 5.41) is 11.6. The van der Waals surface area contributed by atoms with Crippen molar-refractivity contribution >= 4 is 28.2 Å². The van der Waals surface area contributed by atoms with E-state index in [4.69, 9.17) is 0 Å². The van der Waals surface area contributed by atoms with Crippen molar-refractivity contribution in [1.29, 1.82) is 5.26 Å². The molecule has 1 saturated heterocycles. The van der Waals surface area contributed by atoms with Crippen molar-refractivity contribution in [2.45, 2.75) is 6.04 Å². The van der Waals surface area contributed by atoms with Crippen LogP contribution in [0.3, 0.4) is 0 Å². The Bertz CT molecular complexity index is 941. The van der Waals surface area contributed by atoms with Crippen LogP contribution in [0.4, 0.5) is 16.2 Å². The zero-order valence-electron chi connectivity index (χ0n) is 13.0. The summed E-state index contributed by atoms with van der Waals surface area (Å²) < 4.78 is 0. The minimum absolute atomic E-state index is 0.163. The second-order valence-electron chi connectivity index (χ2n) is 5.74. The van der Waals surface area contributed by atoms with Crippen LogP contribution in [0, 0.1) is 11.3 Å². The Morgan fingerprint density at radius 1 is 0.917 bits per heavy atom. The molecule has 0 unspecified atom stereocenters. The van der Waals surface area contributed by atoms with Crippen LogP contribution in [-0.4, -0.2) is 18.6 Å². The normalized spacial score (nSPS) is 17.3. The molecule has 0 spiro atoms. The summed E-state index contributed by atoms with van der Waals surface area (Å²) in [7, 11) is 0. The number of carbonyl (C=O) groups excluding carboxylic acids is 1. The molecule has 4 heteroatoms. The lowest BCUT2D eigenvalue weighted by Crippen LogP contribution is -2.34. The summed E-state index contributed by atoms with van der Waals surface area (Å²) >= 11 is 0. The van der Waals surface area contributed by atoms with Crippen LogP contribution in [0.15, 0.2) is 72.8 Å². The number of hydrogen-bond acceptors (Lipinski definition) is 2. The number of amides is 2. The lowest BCUT2D eigenvalue weighted by molar-refractivity contribution is 0.255. The Morgan fingerprint density at radius 3 is 2.42 bits per heavy atom. The molecule has 3 aromatic rings. The first kappa shape index (κ1) is 14.3. The van der Waals surface area contributed by atoms with E-state index < -0.39 is 6.04 Å². The van der Waals surface area contributed by atoms with Gasteiger partial charge in [-0.05, 0) is 23.6 Å². The molecule has 0 aromatic heterocycles. The van der Waals surface area contributed by atoms with Gasteiger partial charge in [-0.25, -0.2) is 4.79 Å². The summed E-state index contributed by atoms with van der Waals surface area (Å²) in [6.45, 7) is 0.364. The third-order valence-electron chi connectivity index (χ3n) is 4.35. The van der Waals surface area contributed by atoms with Gasteiger partial charge in [0.05, 0.1) is 18.3 Å². The van der Waals surface area contributed by atoms with Crippen molar-refractivity contribution < 1.29 is 4.79 Å². The average Bonchev–Trinajstić information content (AvgIpc) is 2.98. The molecular formula is C20H15N3O. The first-order valence-corrected chi connectivity index (χ1v) is 7.83. The lowest BCUT2D eigenvalue weighted by Gasteiger charge is -2.21. The van der Waals surface area contributed by atoms with Crippen molar-refractivity contribution in [2.75, 3.05) is 16.3 Å². The lowest BCUT2D eigenvalue weighted by atomic mass is 10.1. The number of fused-ring (bicyclic) bond motifs is 1. The molecule has 0 saturated carbocycles. The highest BCUT2D eigenvalue weighted by molar-refractivity contribution is 6.11. The van der Waals surface area contributed by atoms with Crippen LogP contribution in [0.2, 0.25) is 0 Å². The maximum atomic E-state index is 13.0. The molecule has 3 aromatic carbocycles. The molecule has 0 bridgehead atoms. The number of nitrogens with zero attached hydrogens (tertiary/aromatic N) is 3. The number of hydrogen-bond donors (Lipinski definition) is 0. The topological polar surface area (TPSA) is 47.3 Å². The maximum absolute atomic E-state index is 13.0. The summed E-state index contributed by atoms with van der Waals surface area (Å²) in [5.74, 6) is 0. The van der Waals surface area contributed by atoms with E-state index in [-0.39, 0.29) is 6.03 Å². The van der Waals surface area contributed by atoms with Gasteiger partial charge in [0.25, 0.3) is 0 Å². The van der Waals surface area contributed by atoms with E-state index in [1.807, 2.05) is 72.8 Å². The number of rotatable bonds is 2. The molecular weight excluding hydrogens is 298 g/mol. The SMILES string of the molecule is N#C[C@H]1CN(c2ccccc2)C(=O)N1c1cccc2ccccc12. The van der Waals surface area contributed by atoms with Gasteiger partial charge in [-0.2, -0.15) is 5.26 Å². The number of anilines is 2. The van der Waals surface area contributed by atoms with E-state index in [0.29, 0.717) is 6.54 Å². The van der Waals surface area contributed by atoms with Gasteiger partial charge in [-0.1, -0.05) is 54.6 Å². The predicted octanol–water partition coefficient (Wildman–Crippen LogP) is 4.18. The molecule has 0 aliphatic carbocycles. The maximum Gasteiger partial charge on any atom is 0.330 e. The Balaban J connectivity index is 1.82. The minimum Gasteiger partial charge on any atom is -0.291 e. The average molecular weight is 313 g/mol. The molecule has 4 nitrogen and oxygen atoms in total. The number of urea groups is 1. The molecule has 1 heterocycles. The number of para-hydroxylation sites is 1. The van der Waals surface area contributed by atoms with Gasteiger partial charge in [-0.15, -0.1) is 0 Å². The highest BCUT2D eigenvalue weighted by Gasteiger charge is 2.39. The fourth-order valence-corrected chi connectivity index (χ4v) is 3.21. The summed E-state index contributed by atoms with van der Waals surface area (Å²) in [6.07, 6.45) is 0. The van der Waals surface area contributed by atoms with E-state index >= 15 is 0 Å². The van der Waals surface area contributed by atoms with Crippen LogP contribution >= 0.6 is 0 Å². The van der Waals surface area contributed by atoms with Gasteiger partial charge in [0.1, 0.15) is 6.04 Å². The molecule has 1 atom stereocenters. The fraction of sp³-hybridized carbons (Fsp3) is 0.100. The highest BCUT2D eigenvalue weighted by Crippen LogP contribution is 2.33. The van der Waals surface area contributed by atoms with Crippen molar-refractivity contribution in [2.24, 2.45) is 0 Å². The second-order valence-corrected chi connectivity index (χ2v) is 5.74. The van der Waals surface area contributed by atoms with Crippen LogP contribution in [0.1, 0.15) is 0 Å². The predicted molar refractivity (Wildman–Crippen MR) is 95.0 cm³/mol. The Hall–Kier alpha value is -3.32. The van der Waals surface area contributed by atoms with Crippen LogP contribution in [0.25, 0.3) is 10.8 Å². The summed E-state index contributed by atoms with van der Waals surface area (Å²) in [5.41, 5.74) is 1.59. The zero-order chi connectivity index (χ0) is 16.5. The van der Waals surface area contributed by atoms with E-state index in [9.17, 15) is 10.1 Å². The summed E-state index contributed by atoms with van der Waals surface area (Å²) in [6, 6.07) is 24.8. The van der Waals surface area contributed by atoms with Crippen LogP contribution < -0.4 is 9.80 Å². The van der Waals surface area contributed by atoms with Crippen molar-refractivity contribution in [1.82, 2.24) is 0 Å². The van der Waals surface area contributed by atoms with Gasteiger partial charge >= 0.3 is 6.03 Å². The third-order valence-corrected chi connectivity index (χ3v) is 4.35. The van der Waals surface area contributed by atoms with Gasteiger partial charge in [-0.3, -0.25) is 9.80 Å². The van der Waals surface area contributed by atoms with E-state index in [1.54, 1.807) is 9.80 Å². The molecule has 2 amide bonds. The van der Waals surface area contributed by atoms with Crippen molar-refractivity contribution in [3.8, 4) is 6.07 Å². The van der Waals surface area contributed by atoms with E-state index in [0.717, 1.165) is 22.1 Å². The molecule has 4 rings (SSSR count). The first-order valence-electron chi connectivity index (χ1n) is 7.83. The van der Waals surface area contributed by atoms with Gasteiger partial charge in [0, 0.05) is 11.1 Å². The van der Waals surface area contributed by atoms with Gasteiger partial charge in [0.15, 0.2) is 0 Å². The monoisotopic (exact) mass is 313 g/mol. The Morgan fingerprint density at radius 2 is 1.62 bits per heavy atom. The van der Waals surface area contributed by atoms with E-state index in [2.05, 4.69) is 6.07 Å². The third kappa shape index (κ3) is 2.19. The standard InChI is InChI=1S/C20H15N3O/c21-13-17-14-22(16-9-2-1-3-10-16)20(24)23(17)19-12-6-8-15-7-4-5-11-18(15)19/h1-12,17H,14H2/t17-/m0/s1. The first-order chi connectivity index (χ1) is 11.8. The molecule has 24 heavy (non-hydrogen) atoms. The van der Waals surface area contributed by atoms with Gasteiger partial charge < -0.3 is 0 Å². The fourth-order valence-electron chi connectivity index (χ4n) is 3.21. The van der Waals surface area contributed by atoms with Crippen LogP contribution in [0.5, 0.6) is 0 Å². The van der Waals surface area contributed by atoms with E-state index in [1.165, 1.54) is 0 Å². The summed E-state index contributed by atoms with van der Waals surface area (Å²) in [4.78, 5) is 16.3. The zero-order valence-corrected chi connectivity index (χ0v) is 13.0. The van der Waals surface area contributed by atoms with Crippen molar-refractivity contribution in [3.63, 3.8) is 0 Å². The van der Waals surface area contributed by atoms with Crippen molar-refractivity contribution in [3.05, 3.63) is 72.8 Å². The second kappa shape index (κ2) is 5.71. The highest BCUT2D eigenvalue weighted by atomic mass is 16.2. The Kier molecular flexibility index (Phi) is 3.40. The quantitative estimate of drug-likeness (QED) is 0.712. The molecule has 116 valence electrons. The smallest absolute Gasteiger partial charge is 0.291 e. The number of benzene rings is 3.